The molecule has 1 aliphatic rings. The normalized spacial score (nSPS) is 16.1. The maximum absolute atomic E-state index is 13.5. The number of ketones is 1. The number of phenolic OH excluding ortho intramolecular Hbond substituents is 1. The van der Waals surface area contributed by atoms with Crippen LogP contribution in [0, 0.1) is 13.8 Å². The molecule has 2 heterocycles. The summed E-state index contributed by atoms with van der Waals surface area (Å²) < 4.78 is 16.3. The van der Waals surface area contributed by atoms with Crippen LogP contribution in [0.5, 0.6) is 17.2 Å². The Morgan fingerprint density at radius 3 is 2.51 bits per heavy atom. The van der Waals surface area contributed by atoms with Crippen molar-refractivity contribution in [3.8, 4) is 17.2 Å². The fourth-order valence-corrected chi connectivity index (χ4v) is 5.44. The van der Waals surface area contributed by atoms with Crippen molar-refractivity contribution in [2.24, 2.45) is 0 Å². The van der Waals surface area contributed by atoms with Crippen LogP contribution in [0.25, 0.3) is 5.76 Å². The summed E-state index contributed by atoms with van der Waals surface area (Å²) in [5, 5.41) is 21.9. The molecule has 4 rings (SSSR count). The highest BCUT2D eigenvalue weighted by molar-refractivity contribution is 7.17. The first-order chi connectivity index (χ1) is 19.6. The molecule has 1 aliphatic heterocycles. The number of aliphatic hydroxyl groups is 1. The largest absolute Gasteiger partial charge is 0.507 e. The Morgan fingerprint density at radius 2 is 1.85 bits per heavy atom. The molecule has 2 N–H and O–H groups in total. The minimum Gasteiger partial charge on any atom is -0.507 e. The summed E-state index contributed by atoms with van der Waals surface area (Å²) in [6, 6.07) is 8.15. The van der Waals surface area contributed by atoms with Gasteiger partial charge in [0.05, 0.1) is 30.5 Å². The molecular formula is C30H30N2O8S. The number of anilines is 1. The molecule has 0 radical (unpaired) electrons. The van der Waals surface area contributed by atoms with Crippen molar-refractivity contribution in [3.63, 3.8) is 0 Å². The van der Waals surface area contributed by atoms with E-state index in [4.69, 9.17) is 14.2 Å². The third kappa shape index (κ3) is 5.66. The first kappa shape index (κ1) is 29.3. The fraction of sp³-hybridized carbons (Fsp3) is 0.267. The molecule has 41 heavy (non-hydrogen) atoms. The second kappa shape index (κ2) is 12.3. The molecule has 1 fully saturated rings. The number of thiazole rings is 1. The SMILES string of the molecule is C=CCOc1ccc(C(O)=C2C(=O)C(=O)N(c3nc(C)c(C(=O)OCC)s3)[C@H]2c2ccc(O)c(OCC)c2)cc1C. The molecule has 0 unspecified atom stereocenters. The topological polar surface area (TPSA) is 135 Å². The standard InChI is InChI=1S/C30H30N2O8S/c1-6-13-40-21-12-10-19(14-16(21)4)25(34)23-24(18-9-11-20(33)22(15-18)38-7-2)32(28(36)26(23)35)30-31-17(5)27(41-30)29(37)39-8-3/h6,9-12,14-15,24,33-34H,1,7-8,13H2,2-5H3/t24-/m0/s1. The van der Waals surface area contributed by atoms with Gasteiger partial charge in [-0.1, -0.05) is 30.1 Å². The number of benzene rings is 2. The number of amides is 1. The predicted octanol–water partition coefficient (Wildman–Crippen LogP) is 5.23. The van der Waals surface area contributed by atoms with Crippen LogP contribution >= 0.6 is 11.3 Å². The number of aromatic hydroxyl groups is 1. The lowest BCUT2D eigenvalue weighted by molar-refractivity contribution is -0.132. The van der Waals surface area contributed by atoms with Gasteiger partial charge in [0.25, 0.3) is 5.78 Å². The molecule has 11 heteroatoms. The Bertz CT molecular complexity index is 1560. The van der Waals surface area contributed by atoms with Gasteiger partial charge in [0.1, 0.15) is 23.0 Å². The van der Waals surface area contributed by atoms with Crippen molar-refractivity contribution < 1.29 is 38.8 Å². The molecule has 0 aliphatic carbocycles. The van der Waals surface area contributed by atoms with Crippen LogP contribution in [-0.4, -0.2) is 52.7 Å². The number of phenols is 1. The van der Waals surface area contributed by atoms with Crippen LogP contribution in [0.3, 0.4) is 0 Å². The van der Waals surface area contributed by atoms with Crippen molar-refractivity contribution in [2.75, 3.05) is 24.7 Å². The minimum atomic E-state index is -1.15. The van der Waals surface area contributed by atoms with Gasteiger partial charge >= 0.3 is 11.9 Å². The zero-order chi connectivity index (χ0) is 29.8. The highest BCUT2D eigenvalue weighted by Crippen LogP contribution is 2.45. The van der Waals surface area contributed by atoms with E-state index < -0.39 is 29.5 Å². The summed E-state index contributed by atoms with van der Waals surface area (Å²) in [6.45, 7) is 11.1. The Hall–Kier alpha value is -4.64. The number of hydrogen-bond donors (Lipinski definition) is 2. The van der Waals surface area contributed by atoms with Crippen LogP contribution in [0.1, 0.15) is 51.9 Å². The summed E-state index contributed by atoms with van der Waals surface area (Å²) in [5.41, 5.74) is 1.51. The van der Waals surface area contributed by atoms with Crippen LogP contribution in [0.4, 0.5) is 5.13 Å². The van der Waals surface area contributed by atoms with Gasteiger partial charge in [-0.2, -0.15) is 0 Å². The number of esters is 1. The average Bonchev–Trinajstić information content (AvgIpc) is 3.45. The maximum Gasteiger partial charge on any atom is 0.350 e. The Kier molecular flexibility index (Phi) is 8.77. The number of carbonyl (C=O) groups excluding carboxylic acids is 3. The van der Waals surface area contributed by atoms with E-state index in [2.05, 4.69) is 11.6 Å². The van der Waals surface area contributed by atoms with Crippen molar-refractivity contribution in [1.29, 1.82) is 0 Å². The summed E-state index contributed by atoms with van der Waals surface area (Å²) in [6.07, 6.45) is 1.61. The van der Waals surface area contributed by atoms with E-state index >= 15 is 0 Å². The van der Waals surface area contributed by atoms with Gasteiger partial charge in [0, 0.05) is 5.56 Å². The molecule has 0 saturated carbocycles. The number of Topliss-reactive ketones (excluding diaryl/α,β-unsaturated/α-hetero) is 1. The fourth-order valence-electron chi connectivity index (χ4n) is 4.45. The van der Waals surface area contributed by atoms with Gasteiger partial charge < -0.3 is 24.4 Å². The monoisotopic (exact) mass is 578 g/mol. The van der Waals surface area contributed by atoms with E-state index in [9.17, 15) is 24.6 Å². The lowest BCUT2D eigenvalue weighted by Crippen LogP contribution is -2.29. The number of hydrogen-bond acceptors (Lipinski definition) is 10. The highest BCUT2D eigenvalue weighted by Gasteiger charge is 2.48. The molecule has 3 aromatic rings. The predicted molar refractivity (Wildman–Crippen MR) is 154 cm³/mol. The van der Waals surface area contributed by atoms with E-state index in [-0.39, 0.29) is 40.3 Å². The number of aliphatic hydroxyl groups excluding tert-OH is 1. The van der Waals surface area contributed by atoms with Crippen molar-refractivity contribution in [3.05, 3.63) is 81.9 Å². The number of nitrogens with zero attached hydrogens (tertiary/aromatic N) is 2. The summed E-state index contributed by atoms with van der Waals surface area (Å²) in [5.74, 6) is -2.30. The van der Waals surface area contributed by atoms with Crippen LogP contribution in [0.15, 0.2) is 54.6 Å². The Balaban J connectivity index is 1.91. The van der Waals surface area contributed by atoms with Crippen LogP contribution in [0.2, 0.25) is 0 Å². The third-order valence-corrected chi connectivity index (χ3v) is 7.44. The van der Waals surface area contributed by atoms with Crippen molar-refractivity contribution >= 4 is 39.9 Å². The molecule has 1 aromatic heterocycles. The van der Waals surface area contributed by atoms with E-state index in [1.807, 2.05) is 0 Å². The summed E-state index contributed by atoms with van der Waals surface area (Å²) in [7, 11) is 0. The molecule has 1 amide bonds. The average molecular weight is 579 g/mol. The number of ether oxygens (including phenoxy) is 3. The molecule has 1 atom stereocenters. The first-order valence-corrected chi connectivity index (χ1v) is 13.7. The van der Waals surface area contributed by atoms with E-state index in [1.54, 1.807) is 52.0 Å². The minimum absolute atomic E-state index is 0.0760. The van der Waals surface area contributed by atoms with Crippen LogP contribution < -0.4 is 14.4 Å². The zero-order valence-corrected chi connectivity index (χ0v) is 23.9. The third-order valence-electron chi connectivity index (χ3n) is 6.30. The lowest BCUT2D eigenvalue weighted by atomic mass is 9.94. The van der Waals surface area contributed by atoms with Gasteiger partial charge in [-0.25, -0.2) is 9.78 Å². The number of aromatic nitrogens is 1. The van der Waals surface area contributed by atoms with Crippen molar-refractivity contribution in [1.82, 2.24) is 4.98 Å². The maximum atomic E-state index is 13.5. The van der Waals surface area contributed by atoms with Crippen molar-refractivity contribution in [2.45, 2.75) is 33.7 Å². The molecule has 10 nitrogen and oxygen atoms in total. The van der Waals surface area contributed by atoms with Gasteiger partial charge in [0.2, 0.25) is 0 Å². The Morgan fingerprint density at radius 1 is 1.10 bits per heavy atom. The molecule has 0 spiro atoms. The van der Waals surface area contributed by atoms with Crippen LogP contribution in [-0.2, 0) is 14.3 Å². The molecule has 214 valence electrons. The summed E-state index contributed by atoms with van der Waals surface area (Å²) in [4.78, 5) is 45.3. The quantitative estimate of drug-likeness (QED) is 0.109. The smallest absolute Gasteiger partial charge is 0.350 e. The number of carbonyl (C=O) groups is 3. The summed E-state index contributed by atoms with van der Waals surface area (Å²) >= 11 is 0.906. The Labute approximate surface area is 241 Å². The molecule has 1 saturated heterocycles. The second-order valence-electron chi connectivity index (χ2n) is 9.04. The van der Waals surface area contributed by atoms with E-state index in [0.717, 1.165) is 16.2 Å². The van der Waals surface area contributed by atoms with E-state index in [0.29, 0.717) is 34.7 Å². The second-order valence-corrected chi connectivity index (χ2v) is 10.0. The molecular weight excluding hydrogens is 548 g/mol. The highest BCUT2D eigenvalue weighted by atomic mass is 32.1. The molecule has 2 aromatic carbocycles. The molecule has 0 bridgehead atoms. The van der Waals surface area contributed by atoms with Gasteiger partial charge in [-0.15, -0.1) is 0 Å². The zero-order valence-electron chi connectivity index (χ0n) is 23.1. The van der Waals surface area contributed by atoms with E-state index in [1.165, 1.54) is 18.2 Å². The van der Waals surface area contributed by atoms with Gasteiger partial charge in [0.15, 0.2) is 16.6 Å². The first-order valence-electron chi connectivity index (χ1n) is 12.9. The lowest BCUT2D eigenvalue weighted by Gasteiger charge is -2.23. The number of aryl methyl sites for hydroxylation is 2. The number of rotatable bonds is 10. The van der Waals surface area contributed by atoms with Gasteiger partial charge in [-0.3, -0.25) is 14.5 Å². The van der Waals surface area contributed by atoms with Gasteiger partial charge in [-0.05, 0) is 69.2 Å².